The summed E-state index contributed by atoms with van der Waals surface area (Å²) in [4.78, 5) is 2.55. The first-order valence-corrected chi connectivity index (χ1v) is 5.43. The Bertz CT molecular complexity index is 193. The Hall–Kier alpha value is -0.0400. The van der Waals surface area contributed by atoms with Gasteiger partial charge in [0.05, 0.1) is 0 Å². The first-order chi connectivity index (χ1) is 5.69. The molecule has 1 aliphatic heterocycles. The minimum Gasteiger partial charge on any atom is -0.296 e. The lowest BCUT2D eigenvalue weighted by Crippen LogP contribution is -2.62. The van der Waals surface area contributed by atoms with Crippen molar-refractivity contribution in [3.63, 3.8) is 0 Å². The molecule has 0 aliphatic carbocycles. The highest BCUT2D eigenvalue weighted by Gasteiger charge is 2.46. The Morgan fingerprint density at radius 1 is 1.08 bits per heavy atom. The first-order valence-electron chi connectivity index (χ1n) is 5.43. The van der Waals surface area contributed by atoms with E-state index >= 15 is 0 Å². The zero-order valence-corrected chi connectivity index (χ0v) is 10.3. The second kappa shape index (κ2) is 2.98. The summed E-state index contributed by atoms with van der Waals surface area (Å²) in [6, 6.07) is 0. The van der Waals surface area contributed by atoms with E-state index in [4.69, 9.17) is 0 Å². The summed E-state index contributed by atoms with van der Waals surface area (Å²) in [6.07, 6.45) is 1.31. The van der Waals surface area contributed by atoms with Gasteiger partial charge in [-0.05, 0) is 53.0 Å². The lowest BCUT2D eigenvalue weighted by molar-refractivity contribution is -0.0661. The van der Waals surface area contributed by atoms with Crippen LogP contribution in [0.5, 0.6) is 0 Å². The molecule has 1 heteroatoms. The maximum Gasteiger partial charge on any atom is 0.0183 e. The van der Waals surface area contributed by atoms with Crippen LogP contribution in [0.25, 0.3) is 0 Å². The minimum atomic E-state index is 0.334. The number of hydrogen-bond donors (Lipinski definition) is 0. The lowest BCUT2D eigenvalue weighted by Gasteiger charge is -2.56. The summed E-state index contributed by atoms with van der Waals surface area (Å²) in [7, 11) is 2.27. The average molecular weight is 183 g/mol. The predicted molar refractivity (Wildman–Crippen MR) is 58.9 cm³/mol. The number of likely N-dealkylation sites (tertiary alicyclic amines) is 1. The number of piperidine rings is 1. The van der Waals surface area contributed by atoms with Crippen LogP contribution in [-0.4, -0.2) is 23.0 Å². The zero-order valence-electron chi connectivity index (χ0n) is 10.3. The fourth-order valence-electron chi connectivity index (χ4n) is 2.88. The van der Waals surface area contributed by atoms with Crippen LogP contribution in [0.4, 0.5) is 0 Å². The van der Waals surface area contributed by atoms with E-state index in [1.807, 2.05) is 0 Å². The topological polar surface area (TPSA) is 3.24 Å². The molecule has 1 rings (SSSR count). The van der Waals surface area contributed by atoms with Crippen LogP contribution in [0, 0.1) is 11.8 Å². The molecule has 0 radical (unpaired) electrons. The Morgan fingerprint density at radius 3 is 2.00 bits per heavy atom. The smallest absolute Gasteiger partial charge is 0.0183 e. The second-order valence-corrected chi connectivity index (χ2v) is 6.00. The maximum atomic E-state index is 2.55. The van der Waals surface area contributed by atoms with Crippen LogP contribution >= 0.6 is 0 Å². The van der Waals surface area contributed by atoms with E-state index in [-0.39, 0.29) is 0 Å². The van der Waals surface area contributed by atoms with E-state index in [0.29, 0.717) is 11.1 Å². The van der Waals surface area contributed by atoms with E-state index in [2.05, 4.69) is 53.5 Å². The molecule has 1 fully saturated rings. The quantitative estimate of drug-likeness (QED) is 0.557. The fourth-order valence-corrected chi connectivity index (χ4v) is 2.88. The molecule has 78 valence electrons. The number of hydrogen-bond acceptors (Lipinski definition) is 1. The highest BCUT2D eigenvalue weighted by atomic mass is 15.2. The maximum absolute atomic E-state index is 2.55. The van der Waals surface area contributed by atoms with Gasteiger partial charge >= 0.3 is 0 Å². The number of rotatable bonds is 0. The second-order valence-electron chi connectivity index (χ2n) is 6.00. The van der Waals surface area contributed by atoms with Crippen molar-refractivity contribution in [2.24, 2.45) is 11.8 Å². The van der Waals surface area contributed by atoms with E-state index in [0.717, 1.165) is 11.8 Å². The molecule has 1 aliphatic rings. The molecular weight excluding hydrogens is 158 g/mol. The molecule has 1 saturated heterocycles. The van der Waals surface area contributed by atoms with Gasteiger partial charge in [0.15, 0.2) is 0 Å². The minimum absolute atomic E-state index is 0.334. The van der Waals surface area contributed by atoms with Gasteiger partial charge in [-0.15, -0.1) is 0 Å². The molecule has 0 bridgehead atoms. The van der Waals surface area contributed by atoms with E-state index < -0.39 is 0 Å². The molecule has 0 saturated carbocycles. The van der Waals surface area contributed by atoms with E-state index in [1.54, 1.807) is 0 Å². The van der Waals surface area contributed by atoms with Gasteiger partial charge in [-0.3, -0.25) is 4.90 Å². The molecule has 1 heterocycles. The van der Waals surface area contributed by atoms with Crippen LogP contribution in [0.1, 0.15) is 48.0 Å². The van der Waals surface area contributed by atoms with Crippen molar-refractivity contribution in [3.8, 4) is 0 Å². The van der Waals surface area contributed by atoms with Gasteiger partial charge in [-0.1, -0.05) is 13.8 Å². The van der Waals surface area contributed by atoms with Crippen molar-refractivity contribution < 1.29 is 0 Å². The molecule has 0 aromatic rings. The van der Waals surface area contributed by atoms with Crippen molar-refractivity contribution in [1.29, 1.82) is 0 Å². The lowest BCUT2D eigenvalue weighted by atomic mass is 9.68. The summed E-state index contributed by atoms with van der Waals surface area (Å²) in [5, 5.41) is 0. The Morgan fingerprint density at radius 2 is 1.54 bits per heavy atom. The molecule has 1 nitrogen and oxygen atoms in total. The third-order valence-electron chi connectivity index (χ3n) is 4.56. The summed E-state index contributed by atoms with van der Waals surface area (Å²) >= 11 is 0. The largest absolute Gasteiger partial charge is 0.296 e. The Balaban J connectivity index is 2.96. The molecule has 0 N–H and O–H groups in total. The Labute approximate surface area is 83.5 Å². The summed E-state index contributed by atoms with van der Waals surface area (Å²) in [5.74, 6) is 1.62. The van der Waals surface area contributed by atoms with E-state index in [9.17, 15) is 0 Å². The highest BCUT2D eigenvalue weighted by molar-refractivity contribution is 5.00. The standard InChI is InChI=1S/C12H25N/c1-9-8-11(3,4)13(7)12(5,6)10(9)2/h9-10H,8H2,1-7H3. The van der Waals surface area contributed by atoms with Gasteiger partial charge in [0.1, 0.15) is 0 Å². The van der Waals surface area contributed by atoms with Gasteiger partial charge in [-0.25, -0.2) is 0 Å². The average Bonchev–Trinajstić information content (AvgIpc) is 1.98. The van der Waals surface area contributed by atoms with Gasteiger partial charge < -0.3 is 0 Å². The van der Waals surface area contributed by atoms with Crippen LogP contribution < -0.4 is 0 Å². The van der Waals surface area contributed by atoms with Crippen LogP contribution in [-0.2, 0) is 0 Å². The van der Waals surface area contributed by atoms with E-state index in [1.165, 1.54) is 6.42 Å². The van der Waals surface area contributed by atoms with Gasteiger partial charge in [0.25, 0.3) is 0 Å². The molecule has 2 atom stereocenters. The predicted octanol–water partition coefficient (Wildman–Crippen LogP) is 3.15. The van der Waals surface area contributed by atoms with Gasteiger partial charge in [-0.2, -0.15) is 0 Å². The molecule has 0 aromatic heterocycles. The molecule has 0 amide bonds. The molecule has 0 aromatic carbocycles. The van der Waals surface area contributed by atoms with Crippen molar-refractivity contribution in [1.82, 2.24) is 4.90 Å². The van der Waals surface area contributed by atoms with Crippen molar-refractivity contribution in [3.05, 3.63) is 0 Å². The first kappa shape index (κ1) is 11.0. The summed E-state index contributed by atoms with van der Waals surface area (Å²) in [5.41, 5.74) is 0.691. The highest BCUT2D eigenvalue weighted by Crippen LogP contribution is 2.43. The summed E-state index contributed by atoms with van der Waals surface area (Å²) < 4.78 is 0. The third-order valence-corrected chi connectivity index (χ3v) is 4.56. The van der Waals surface area contributed by atoms with Crippen molar-refractivity contribution >= 4 is 0 Å². The van der Waals surface area contributed by atoms with Crippen molar-refractivity contribution in [2.45, 2.75) is 59.0 Å². The fraction of sp³-hybridized carbons (Fsp3) is 1.00. The van der Waals surface area contributed by atoms with Crippen molar-refractivity contribution in [2.75, 3.05) is 7.05 Å². The van der Waals surface area contributed by atoms with Gasteiger partial charge in [0, 0.05) is 11.1 Å². The third kappa shape index (κ3) is 1.63. The molecule has 13 heavy (non-hydrogen) atoms. The molecule has 0 spiro atoms. The normalized spacial score (nSPS) is 39.0. The SMILES string of the molecule is CC1CC(C)(C)N(C)C(C)(C)C1C. The van der Waals surface area contributed by atoms with Crippen LogP contribution in [0.2, 0.25) is 0 Å². The zero-order chi connectivity index (χ0) is 10.4. The monoisotopic (exact) mass is 183 g/mol. The molecular formula is C12H25N. The number of nitrogens with zero attached hydrogens (tertiary/aromatic N) is 1. The van der Waals surface area contributed by atoms with Crippen LogP contribution in [0.15, 0.2) is 0 Å². The summed E-state index contributed by atoms with van der Waals surface area (Å²) in [6.45, 7) is 14.2. The van der Waals surface area contributed by atoms with Gasteiger partial charge in [0.2, 0.25) is 0 Å². The van der Waals surface area contributed by atoms with Crippen LogP contribution in [0.3, 0.4) is 0 Å². The Kier molecular flexibility index (Phi) is 2.53. The molecule has 2 unspecified atom stereocenters.